The summed E-state index contributed by atoms with van der Waals surface area (Å²) in [7, 11) is 0. The van der Waals surface area contributed by atoms with Crippen molar-refractivity contribution in [1.29, 1.82) is 0 Å². The van der Waals surface area contributed by atoms with Crippen molar-refractivity contribution in [3.63, 3.8) is 0 Å². The molecule has 3 aromatic rings. The summed E-state index contributed by atoms with van der Waals surface area (Å²) in [5.41, 5.74) is 3.51. The topological polar surface area (TPSA) is 43.4 Å². The maximum absolute atomic E-state index is 13.4. The van der Waals surface area contributed by atoms with Crippen molar-refractivity contribution in [3.8, 4) is 0 Å². The summed E-state index contributed by atoms with van der Waals surface area (Å²) in [5.74, 6) is 0.391. The molecule has 1 saturated carbocycles. The highest BCUT2D eigenvalue weighted by molar-refractivity contribution is 6.02. The first-order valence-corrected chi connectivity index (χ1v) is 11.0. The maximum Gasteiger partial charge on any atom is 0.338 e. The molecular formula is C28H28O3. The smallest absolute Gasteiger partial charge is 0.338 e. The van der Waals surface area contributed by atoms with Crippen molar-refractivity contribution in [1.82, 2.24) is 0 Å². The second kappa shape index (κ2) is 9.30. The van der Waals surface area contributed by atoms with Crippen LogP contribution in [0.5, 0.6) is 0 Å². The molecule has 3 heteroatoms. The highest BCUT2D eigenvalue weighted by Gasteiger charge is 2.55. The molecule has 0 aromatic heterocycles. The molecule has 1 aliphatic carbocycles. The Bertz CT molecular complexity index is 979. The number of benzene rings is 3. The van der Waals surface area contributed by atoms with E-state index >= 15 is 0 Å². The maximum atomic E-state index is 13.4. The molecule has 0 spiro atoms. The van der Waals surface area contributed by atoms with Crippen LogP contribution in [0.15, 0.2) is 84.9 Å². The number of Topliss-reactive ketones (excluding diaryl/α,β-unsaturated/α-hetero) is 1. The Morgan fingerprint density at radius 3 is 1.74 bits per heavy atom. The van der Waals surface area contributed by atoms with Crippen LogP contribution in [0.25, 0.3) is 0 Å². The largest absolute Gasteiger partial charge is 0.462 e. The van der Waals surface area contributed by atoms with E-state index in [4.69, 9.17) is 4.74 Å². The van der Waals surface area contributed by atoms with Crippen LogP contribution < -0.4 is 0 Å². The van der Waals surface area contributed by atoms with Crippen molar-refractivity contribution in [3.05, 3.63) is 107 Å². The lowest BCUT2D eigenvalue weighted by molar-refractivity contribution is 0.0447. The van der Waals surface area contributed by atoms with Gasteiger partial charge in [-0.15, -0.1) is 0 Å². The molecule has 0 unspecified atom stereocenters. The molecular weight excluding hydrogens is 384 g/mol. The Kier molecular flexibility index (Phi) is 6.31. The molecule has 0 amide bonds. The molecule has 0 bridgehead atoms. The summed E-state index contributed by atoms with van der Waals surface area (Å²) in [6.45, 7) is 4.54. The van der Waals surface area contributed by atoms with E-state index in [1.165, 1.54) is 11.1 Å². The standard InChI is InChI=1S/C28H28O3/c1-3-19(2)18-31-28(30)23-16-14-22(15-17-23)27(29)26-24(20-10-6-4-7-11-20)25(26)21-12-8-5-9-13-21/h4-17,19,24-26H,3,18H2,1-2H3/t19-,24+,25+/m0/s1. The molecule has 4 rings (SSSR count). The number of carbonyl (C=O) groups is 2. The van der Waals surface area contributed by atoms with Crippen LogP contribution in [0, 0.1) is 11.8 Å². The summed E-state index contributed by atoms with van der Waals surface area (Å²) < 4.78 is 5.37. The minimum atomic E-state index is -0.338. The first-order valence-electron chi connectivity index (χ1n) is 11.0. The minimum Gasteiger partial charge on any atom is -0.462 e. The van der Waals surface area contributed by atoms with Crippen molar-refractivity contribution in [2.24, 2.45) is 11.8 Å². The molecule has 1 aliphatic rings. The van der Waals surface area contributed by atoms with Crippen LogP contribution in [0.4, 0.5) is 0 Å². The van der Waals surface area contributed by atoms with E-state index in [0.717, 1.165) is 6.42 Å². The second-order valence-electron chi connectivity index (χ2n) is 8.45. The van der Waals surface area contributed by atoms with Gasteiger partial charge in [-0.2, -0.15) is 0 Å². The lowest BCUT2D eigenvalue weighted by atomic mass is 10.0. The van der Waals surface area contributed by atoms with Crippen LogP contribution in [-0.4, -0.2) is 18.4 Å². The summed E-state index contributed by atoms with van der Waals surface area (Å²) in [5, 5.41) is 0. The molecule has 31 heavy (non-hydrogen) atoms. The van der Waals surface area contributed by atoms with E-state index in [0.29, 0.717) is 23.7 Å². The van der Waals surface area contributed by atoms with Gasteiger partial charge in [0.15, 0.2) is 5.78 Å². The summed E-state index contributed by atoms with van der Waals surface area (Å²) in [6.07, 6.45) is 0.966. The Balaban J connectivity index is 1.52. The number of rotatable bonds is 8. The Labute approximate surface area is 184 Å². The third kappa shape index (κ3) is 4.61. The summed E-state index contributed by atoms with van der Waals surface area (Å²) in [6, 6.07) is 27.4. The third-order valence-electron chi connectivity index (χ3n) is 6.29. The van der Waals surface area contributed by atoms with E-state index in [-0.39, 0.29) is 29.5 Å². The highest BCUT2D eigenvalue weighted by Crippen LogP contribution is 2.61. The molecule has 3 aromatic carbocycles. The van der Waals surface area contributed by atoms with Crippen LogP contribution in [0.2, 0.25) is 0 Å². The Morgan fingerprint density at radius 2 is 1.26 bits per heavy atom. The fraction of sp³-hybridized carbons (Fsp3) is 0.286. The van der Waals surface area contributed by atoms with Gasteiger partial charge in [0.2, 0.25) is 0 Å². The van der Waals surface area contributed by atoms with E-state index < -0.39 is 0 Å². The van der Waals surface area contributed by atoms with Gasteiger partial charge >= 0.3 is 5.97 Å². The Morgan fingerprint density at radius 1 is 0.774 bits per heavy atom. The monoisotopic (exact) mass is 412 g/mol. The van der Waals surface area contributed by atoms with Gasteiger partial charge in [-0.25, -0.2) is 4.79 Å². The first kappa shape index (κ1) is 21.0. The minimum absolute atomic E-state index is 0.0898. The van der Waals surface area contributed by atoms with E-state index in [1.54, 1.807) is 24.3 Å². The van der Waals surface area contributed by atoms with Crippen LogP contribution >= 0.6 is 0 Å². The van der Waals surface area contributed by atoms with Gasteiger partial charge < -0.3 is 4.74 Å². The average Bonchev–Trinajstić information content (AvgIpc) is 3.59. The zero-order chi connectivity index (χ0) is 21.8. The van der Waals surface area contributed by atoms with Crippen LogP contribution in [-0.2, 0) is 4.74 Å². The van der Waals surface area contributed by atoms with Gasteiger partial charge in [-0.3, -0.25) is 4.79 Å². The zero-order valence-corrected chi connectivity index (χ0v) is 18.0. The molecule has 158 valence electrons. The van der Waals surface area contributed by atoms with E-state index in [9.17, 15) is 9.59 Å². The normalized spacial score (nSPS) is 20.6. The highest BCUT2D eigenvalue weighted by atomic mass is 16.5. The fourth-order valence-corrected chi connectivity index (χ4v) is 4.20. The number of ether oxygens (including phenoxy) is 1. The SMILES string of the molecule is CC[C@H](C)COC(=O)c1ccc(C(=O)C2[C@H](c3ccccc3)[C@H]2c2ccccc2)cc1. The zero-order valence-electron chi connectivity index (χ0n) is 18.0. The molecule has 1 fully saturated rings. The number of esters is 1. The van der Waals surface area contributed by atoms with E-state index in [2.05, 4.69) is 38.1 Å². The van der Waals surface area contributed by atoms with Gasteiger partial charge in [0.05, 0.1) is 12.2 Å². The second-order valence-corrected chi connectivity index (χ2v) is 8.45. The Hall–Kier alpha value is -3.20. The molecule has 0 N–H and O–H groups in total. The van der Waals surface area contributed by atoms with Gasteiger partial charge in [0, 0.05) is 23.3 Å². The van der Waals surface area contributed by atoms with Gasteiger partial charge in [0.25, 0.3) is 0 Å². The van der Waals surface area contributed by atoms with Crippen LogP contribution in [0.1, 0.15) is 63.9 Å². The quantitative estimate of drug-likeness (QED) is 0.323. The molecule has 3 atom stereocenters. The number of ketones is 1. The third-order valence-corrected chi connectivity index (χ3v) is 6.29. The molecule has 0 radical (unpaired) electrons. The molecule has 0 saturated heterocycles. The number of hydrogen-bond donors (Lipinski definition) is 0. The van der Waals surface area contributed by atoms with E-state index in [1.807, 2.05) is 36.4 Å². The van der Waals surface area contributed by atoms with Gasteiger partial charge in [-0.1, -0.05) is 93.1 Å². The van der Waals surface area contributed by atoms with Gasteiger partial charge in [-0.05, 0) is 29.2 Å². The molecule has 3 nitrogen and oxygen atoms in total. The average molecular weight is 413 g/mol. The van der Waals surface area contributed by atoms with Crippen molar-refractivity contribution < 1.29 is 14.3 Å². The number of hydrogen-bond acceptors (Lipinski definition) is 3. The number of carbonyl (C=O) groups excluding carboxylic acids is 2. The van der Waals surface area contributed by atoms with Crippen molar-refractivity contribution in [2.45, 2.75) is 32.1 Å². The predicted octanol–water partition coefficient (Wildman–Crippen LogP) is 6.27. The molecule has 0 heterocycles. The summed E-state index contributed by atoms with van der Waals surface area (Å²) in [4.78, 5) is 25.7. The van der Waals surface area contributed by atoms with Gasteiger partial charge in [0.1, 0.15) is 0 Å². The van der Waals surface area contributed by atoms with Crippen LogP contribution in [0.3, 0.4) is 0 Å². The first-order chi connectivity index (χ1) is 15.1. The lowest BCUT2D eigenvalue weighted by Gasteiger charge is -2.09. The van der Waals surface area contributed by atoms with Crippen molar-refractivity contribution in [2.75, 3.05) is 6.61 Å². The predicted molar refractivity (Wildman–Crippen MR) is 122 cm³/mol. The summed E-state index contributed by atoms with van der Waals surface area (Å²) >= 11 is 0. The fourth-order valence-electron chi connectivity index (χ4n) is 4.20. The van der Waals surface area contributed by atoms with Crippen molar-refractivity contribution >= 4 is 11.8 Å². The lowest BCUT2D eigenvalue weighted by Crippen LogP contribution is -2.12. The molecule has 0 aliphatic heterocycles.